The molecule has 0 aromatic heterocycles. The zero-order valence-electron chi connectivity index (χ0n) is 9.69. The molecule has 0 saturated heterocycles. The van der Waals surface area contributed by atoms with Crippen molar-refractivity contribution in [3.05, 3.63) is 24.3 Å². The third-order valence-corrected chi connectivity index (χ3v) is 4.72. The van der Waals surface area contributed by atoms with Crippen molar-refractivity contribution >= 4 is 25.9 Å². The molecule has 0 fully saturated rings. The summed E-state index contributed by atoms with van der Waals surface area (Å²) in [7, 11) is -7.13. The summed E-state index contributed by atoms with van der Waals surface area (Å²) in [5.74, 6) is 0. The van der Waals surface area contributed by atoms with Crippen LogP contribution in [0.3, 0.4) is 0 Å². The molecule has 1 aromatic rings. The number of nitrogens with one attached hydrogen (secondary N) is 1. The molecule has 1 rings (SSSR count). The molecular weight excluding hydrogens is 282 g/mol. The molecule has 0 bridgehead atoms. The highest BCUT2D eigenvalue weighted by atomic mass is 32.3. The maximum Gasteiger partial charge on any atom is 0.398 e. The van der Waals surface area contributed by atoms with E-state index < -0.39 is 25.7 Å². The number of hydrogen-bond donors (Lipinski definition) is 2. The average Bonchev–Trinajstić information content (AvgIpc) is 2.27. The Balaban J connectivity index is 3.05. The van der Waals surface area contributed by atoms with Crippen LogP contribution in [-0.2, 0) is 24.4 Å². The largest absolute Gasteiger partial charge is 0.398 e. The van der Waals surface area contributed by atoms with Gasteiger partial charge in [0.15, 0.2) is 5.44 Å². The smallest absolute Gasteiger partial charge is 0.388 e. The van der Waals surface area contributed by atoms with Crippen LogP contribution in [0.2, 0.25) is 0 Å². The second-order valence-electron chi connectivity index (χ2n) is 3.41. The highest BCUT2D eigenvalue weighted by molar-refractivity contribution is 7.92. The summed E-state index contributed by atoms with van der Waals surface area (Å²) >= 11 is 0. The number of hydrogen-bond acceptors (Lipinski definition) is 6. The topological polar surface area (TPSA) is 110 Å². The van der Waals surface area contributed by atoms with Crippen LogP contribution in [0.25, 0.3) is 0 Å². The maximum absolute atomic E-state index is 11.9. The van der Waals surface area contributed by atoms with Gasteiger partial charge in [0, 0.05) is 12.7 Å². The molecule has 2 N–H and O–H groups in total. The van der Waals surface area contributed by atoms with Crippen molar-refractivity contribution in [1.82, 2.24) is 0 Å². The molecule has 0 aliphatic rings. The predicted molar refractivity (Wildman–Crippen MR) is 65.3 cm³/mol. The lowest BCUT2D eigenvalue weighted by atomic mass is 10.3. The summed E-state index contributed by atoms with van der Waals surface area (Å²) in [6.07, 6.45) is 0. The fourth-order valence-electron chi connectivity index (χ4n) is 1.23. The van der Waals surface area contributed by atoms with E-state index >= 15 is 0 Å². The first kappa shape index (κ1) is 14.9. The number of benzene rings is 1. The molecule has 7 nitrogen and oxygen atoms in total. The Morgan fingerprint density at radius 3 is 2.06 bits per heavy atom. The summed E-state index contributed by atoms with van der Waals surface area (Å²) in [6.45, 7) is 1.02. The van der Waals surface area contributed by atoms with E-state index in [-0.39, 0.29) is 4.90 Å². The van der Waals surface area contributed by atoms with Gasteiger partial charge in [0.2, 0.25) is 9.84 Å². The Hall–Kier alpha value is -1.16. The molecule has 0 amide bonds. The molecule has 9 heteroatoms. The Labute approximate surface area is 106 Å². The van der Waals surface area contributed by atoms with Crippen molar-refractivity contribution in [3.8, 4) is 0 Å². The van der Waals surface area contributed by atoms with E-state index in [1.54, 1.807) is 7.05 Å². The Kier molecular flexibility index (Phi) is 4.32. The predicted octanol–water partition coefficient (Wildman–Crippen LogP) is 0.667. The van der Waals surface area contributed by atoms with Gasteiger partial charge in [-0.15, -0.1) is 0 Å². The normalized spacial score (nSPS) is 14.2. The van der Waals surface area contributed by atoms with E-state index in [9.17, 15) is 16.8 Å². The van der Waals surface area contributed by atoms with E-state index in [1.807, 2.05) is 0 Å². The first-order chi connectivity index (χ1) is 8.16. The quantitative estimate of drug-likeness (QED) is 0.768. The third kappa shape index (κ3) is 3.67. The summed E-state index contributed by atoms with van der Waals surface area (Å²) in [6, 6.07) is 5.66. The lowest BCUT2D eigenvalue weighted by Gasteiger charge is -2.11. The molecule has 0 heterocycles. The molecule has 1 atom stereocenters. The minimum atomic E-state index is -4.82. The van der Waals surface area contributed by atoms with Gasteiger partial charge in [-0.2, -0.15) is 8.42 Å². The standard InChI is InChI=1S/C9H13NO6S2/c1-7(16-18(13,14)15)17(11,12)9-5-3-8(10-2)4-6-9/h3-7,10H,1-2H3,(H,13,14,15). The Morgan fingerprint density at radius 1 is 1.17 bits per heavy atom. The van der Waals surface area contributed by atoms with Gasteiger partial charge in [-0.25, -0.2) is 12.6 Å². The summed E-state index contributed by atoms with van der Waals surface area (Å²) < 4.78 is 57.2. The number of rotatable bonds is 5. The monoisotopic (exact) mass is 295 g/mol. The van der Waals surface area contributed by atoms with Gasteiger partial charge in [-0.1, -0.05) is 0 Å². The molecule has 0 aliphatic carbocycles. The van der Waals surface area contributed by atoms with Gasteiger partial charge >= 0.3 is 10.4 Å². The van der Waals surface area contributed by atoms with E-state index in [2.05, 4.69) is 9.50 Å². The van der Waals surface area contributed by atoms with Crippen LogP contribution >= 0.6 is 0 Å². The van der Waals surface area contributed by atoms with E-state index in [1.165, 1.54) is 24.3 Å². The van der Waals surface area contributed by atoms with Gasteiger partial charge in [-0.05, 0) is 31.2 Å². The maximum atomic E-state index is 11.9. The van der Waals surface area contributed by atoms with Crippen LogP contribution in [0.4, 0.5) is 5.69 Å². The van der Waals surface area contributed by atoms with Crippen LogP contribution in [0.1, 0.15) is 6.92 Å². The third-order valence-electron chi connectivity index (χ3n) is 2.17. The van der Waals surface area contributed by atoms with Gasteiger partial charge in [-0.3, -0.25) is 4.55 Å². The second kappa shape index (κ2) is 5.22. The fraction of sp³-hybridized carbons (Fsp3) is 0.333. The van der Waals surface area contributed by atoms with Crippen molar-refractivity contribution in [1.29, 1.82) is 0 Å². The zero-order chi connectivity index (χ0) is 14.0. The van der Waals surface area contributed by atoms with Crippen molar-refractivity contribution in [2.75, 3.05) is 12.4 Å². The second-order valence-corrected chi connectivity index (χ2v) is 6.68. The highest BCUT2D eigenvalue weighted by Gasteiger charge is 2.28. The van der Waals surface area contributed by atoms with Crippen LogP contribution in [0.15, 0.2) is 29.2 Å². The molecule has 18 heavy (non-hydrogen) atoms. The van der Waals surface area contributed by atoms with E-state index in [4.69, 9.17) is 4.55 Å². The molecule has 1 unspecified atom stereocenters. The number of sulfone groups is 1. The van der Waals surface area contributed by atoms with Gasteiger partial charge < -0.3 is 5.32 Å². The van der Waals surface area contributed by atoms with Gasteiger partial charge in [0.25, 0.3) is 0 Å². The van der Waals surface area contributed by atoms with E-state index in [0.29, 0.717) is 5.69 Å². The minimum absolute atomic E-state index is 0.0994. The molecule has 1 aromatic carbocycles. The van der Waals surface area contributed by atoms with Crippen molar-refractivity contribution < 1.29 is 25.6 Å². The lowest BCUT2D eigenvalue weighted by molar-refractivity contribution is 0.251. The first-order valence-corrected chi connectivity index (χ1v) is 7.75. The first-order valence-electron chi connectivity index (χ1n) is 4.84. The molecular formula is C9H13NO6S2. The van der Waals surface area contributed by atoms with Crippen LogP contribution in [0.5, 0.6) is 0 Å². The summed E-state index contributed by atoms with van der Waals surface area (Å²) in [5, 5.41) is 2.81. The Morgan fingerprint density at radius 2 is 1.67 bits per heavy atom. The molecule has 0 radical (unpaired) electrons. The van der Waals surface area contributed by atoms with Gasteiger partial charge in [0.05, 0.1) is 4.90 Å². The number of anilines is 1. The lowest BCUT2D eigenvalue weighted by Crippen LogP contribution is -2.24. The van der Waals surface area contributed by atoms with Crippen molar-refractivity contribution in [3.63, 3.8) is 0 Å². The van der Waals surface area contributed by atoms with Crippen LogP contribution in [0, 0.1) is 0 Å². The summed E-state index contributed by atoms with van der Waals surface area (Å²) in [5.41, 5.74) is -0.995. The molecule has 102 valence electrons. The highest BCUT2D eigenvalue weighted by Crippen LogP contribution is 2.20. The molecule has 0 aliphatic heterocycles. The summed E-state index contributed by atoms with van der Waals surface area (Å²) in [4.78, 5) is -0.0994. The van der Waals surface area contributed by atoms with Crippen molar-refractivity contribution in [2.45, 2.75) is 17.3 Å². The Bertz CT molecular complexity index is 605. The zero-order valence-corrected chi connectivity index (χ0v) is 11.3. The minimum Gasteiger partial charge on any atom is -0.388 e. The van der Waals surface area contributed by atoms with Gasteiger partial charge in [0.1, 0.15) is 0 Å². The molecule has 0 spiro atoms. The molecule has 0 saturated carbocycles. The van der Waals surface area contributed by atoms with Crippen LogP contribution in [-0.4, -0.2) is 33.9 Å². The average molecular weight is 295 g/mol. The van der Waals surface area contributed by atoms with E-state index in [0.717, 1.165) is 6.92 Å². The SMILES string of the molecule is CNc1ccc(S(=O)(=O)C(C)OS(=O)(=O)O)cc1. The fourth-order valence-corrected chi connectivity index (χ4v) is 3.18. The van der Waals surface area contributed by atoms with Crippen LogP contribution < -0.4 is 5.32 Å². The van der Waals surface area contributed by atoms with Crippen molar-refractivity contribution in [2.24, 2.45) is 0 Å².